The summed E-state index contributed by atoms with van der Waals surface area (Å²) in [5.74, 6) is 0. The second kappa shape index (κ2) is 5.86. The van der Waals surface area contributed by atoms with Crippen molar-refractivity contribution >= 4 is 0 Å². The monoisotopic (exact) mass is 206 g/mol. The van der Waals surface area contributed by atoms with Crippen LogP contribution in [0.25, 0.3) is 0 Å². The Morgan fingerprint density at radius 3 is 2.60 bits per heavy atom. The number of aryl methyl sites for hydroxylation is 1. The number of aromatic nitrogens is 1. The average molecular weight is 206 g/mol. The minimum atomic E-state index is 0.241. The summed E-state index contributed by atoms with van der Waals surface area (Å²) in [6, 6.07) is 6.11. The van der Waals surface area contributed by atoms with Gasteiger partial charge in [0.2, 0.25) is 0 Å². The van der Waals surface area contributed by atoms with Crippen molar-refractivity contribution in [2.24, 2.45) is 0 Å². The maximum Gasteiger partial charge on any atom is 0.0403 e. The van der Waals surface area contributed by atoms with Crippen LogP contribution in [0.5, 0.6) is 0 Å². The quantitative estimate of drug-likeness (QED) is 0.749. The summed E-state index contributed by atoms with van der Waals surface area (Å²) in [4.78, 5) is 4.30. The van der Waals surface area contributed by atoms with Crippen LogP contribution in [0.3, 0.4) is 0 Å². The lowest BCUT2D eigenvalue weighted by molar-refractivity contribution is 0.418. The first-order chi connectivity index (χ1) is 7.08. The third kappa shape index (κ3) is 6.24. The molecule has 0 spiro atoms. The topological polar surface area (TPSA) is 24.9 Å². The van der Waals surface area contributed by atoms with Gasteiger partial charge < -0.3 is 5.32 Å². The summed E-state index contributed by atoms with van der Waals surface area (Å²) in [6.07, 6.45) is 5.38. The highest BCUT2D eigenvalue weighted by Crippen LogP contribution is 2.02. The van der Waals surface area contributed by atoms with E-state index >= 15 is 0 Å². The molecule has 1 heterocycles. The first-order valence-corrected chi connectivity index (χ1v) is 5.73. The maximum atomic E-state index is 4.30. The van der Waals surface area contributed by atoms with Crippen molar-refractivity contribution in [2.45, 2.75) is 45.6 Å². The highest BCUT2D eigenvalue weighted by Gasteiger charge is 2.06. The van der Waals surface area contributed by atoms with Crippen LogP contribution in [-0.2, 0) is 6.42 Å². The molecule has 2 nitrogen and oxygen atoms in total. The van der Waals surface area contributed by atoms with Gasteiger partial charge >= 0.3 is 0 Å². The van der Waals surface area contributed by atoms with Gasteiger partial charge in [-0.15, -0.1) is 0 Å². The van der Waals surface area contributed by atoms with Crippen LogP contribution in [0.4, 0.5) is 0 Å². The number of rotatable bonds is 5. The highest BCUT2D eigenvalue weighted by molar-refractivity contribution is 5.03. The summed E-state index contributed by atoms with van der Waals surface area (Å²) in [5, 5.41) is 3.49. The molecule has 0 radical (unpaired) electrons. The van der Waals surface area contributed by atoms with E-state index in [2.05, 4.69) is 43.2 Å². The van der Waals surface area contributed by atoms with Crippen molar-refractivity contribution in [1.29, 1.82) is 0 Å². The number of pyridine rings is 1. The lowest BCUT2D eigenvalue weighted by Gasteiger charge is -2.20. The lowest BCUT2D eigenvalue weighted by atomic mass is 10.1. The van der Waals surface area contributed by atoms with Gasteiger partial charge in [-0.1, -0.05) is 6.07 Å². The van der Waals surface area contributed by atoms with Crippen LogP contribution in [0.1, 0.15) is 39.3 Å². The molecule has 0 amide bonds. The van der Waals surface area contributed by atoms with E-state index in [1.54, 1.807) is 0 Å². The fourth-order valence-electron chi connectivity index (χ4n) is 1.44. The zero-order valence-corrected chi connectivity index (χ0v) is 10.1. The molecule has 1 N–H and O–H groups in total. The van der Waals surface area contributed by atoms with E-state index in [-0.39, 0.29) is 5.54 Å². The van der Waals surface area contributed by atoms with E-state index < -0.39 is 0 Å². The van der Waals surface area contributed by atoms with Crippen molar-refractivity contribution in [3.63, 3.8) is 0 Å². The summed E-state index contributed by atoms with van der Waals surface area (Å²) >= 11 is 0. The Hall–Kier alpha value is -0.890. The molecular formula is C13H22N2. The second-order valence-corrected chi connectivity index (χ2v) is 4.95. The molecule has 0 bridgehead atoms. The smallest absolute Gasteiger partial charge is 0.0403 e. The molecule has 1 rings (SSSR count). The Balaban J connectivity index is 2.08. The van der Waals surface area contributed by atoms with Gasteiger partial charge in [-0.05, 0) is 58.7 Å². The van der Waals surface area contributed by atoms with Gasteiger partial charge in [-0.2, -0.15) is 0 Å². The standard InChI is InChI=1S/C13H22N2/c1-13(2,3)15-11-7-5-9-12-8-4-6-10-14-12/h4,6,8,10,15H,5,7,9,11H2,1-3H3. The van der Waals surface area contributed by atoms with Gasteiger partial charge in [0.15, 0.2) is 0 Å². The van der Waals surface area contributed by atoms with E-state index in [1.807, 2.05) is 12.3 Å². The summed E-state index contributed by atoms with van der Waals surface area (Å²) in [6.45, 7) is 7.69. The van der Waals surface area contributed by atoms with Crippen LogP contribution in [0, 0.1) is 0 Å². The number of unbranched alkanes of at least 4 members (excludes halogenated alkanes) is 1. The number of nitrogens with zero attached hydrogens (tertiary/aromatic N) is 1. The number of nitrogens with one attached hydrogen (secondary N) is 1. The Morgan fingerprint density at radius 2 is 2.00 bits per heavy atom. The largest absolute Gasteiger partial charge is 0.312 e. The minimum absolute atomic E-state index is 0.241. The zero-order chi connectivity index (χ0) is 11.1. The van der Waals surface area contributed by atoms with Gasteiger partial charge in [0, 0.05) is 17.4 Å². The minimum Gasteiger partial charge on any atom is -0.312 e. The SMILES string of the molecule is CC(C)(C)NCCCCc1ccccn1. The van der Waals surface area contributed by atoms with Crippen LogP contribution in [-0.4, -0.2) is 17.1 Å². The van der Waals surface area contributed by atoms with Crippen molar-refractivity contribution in [2.75, 3.05) is 6.54 Å². The molecule has 84 valence electrons. The second-order valence-electron chi connectivity index (χ2n) is 4.95. The van der Waals surface area contributed by atoms with E-state index in [9.17, 15) is 0 Å². The first kappa shape index (κ1) is 12.2. The molecule has 15 heavy (non-hydrogen) atoms. The average Bonchev–Trinajstić information content (AvgIpc) is 2.17. The fourth-order valence-corrected chi connectivity index (χ4v) is 1.44. The number of hydrogen-bond acceptors (Lipinski definition) is 2. The number of hydrogen-bond donors (Lipinski definition) is 1. The Bertz CT molecular complexity index is 262. The van der Waals surface area contributed by atoms with Crippen LogP contribution in [0.15, 0.2) is 24.4 Å². The molecule has 0 fully saturated rings. The highest BCUT2D eigenvalue weighted by atomic mass is 14.9. The molecule has 2 heteroatoms. The summed E-state index contributed by atoms with van der Waals surface area (Å²) < 4.78 is 0. The van der Waals surface area contributed by atoms with Crippen LogP contribution in [0.2, 0.25) is 0 Å². The Morgan fingerprint density at radius 1 is 1.20 bits per heavy atom. The third-order valence-electron chi connectivity index (χ3n) is 2.24. The van der Waals surface area contributed by atoms with Gasteiger partial charge in [-0.25, -0.2) is 0 Å². The van der Waals surface area contributed by atoms with Crippen molar-refractivity contribution in [1.82, 2.24) is 10.3 Å². The van der Waals surface area contributed by atoms with Crippen LogP contribution >= 0.6 is 0 Å². The van der Waals surface area contributed by atoms with Crippen molar-refractivity contribution in [3.8, 4) is 0 Å². The molecule has 1 aromatic heterocycles. The first-order valence-electron chi connectivity index (χ1n) is 5.73. The molecule has 0 aliphatic carbocycles. The van der Waals surface area contributed by atoms with E-state index in [0.29, 0.717) is 0 Å². The lowest BCUT2D eigenvalue weighted by Crippen LogP contribution is -2.36. The van der Waals surface area contributed by atoms with Crippen molar-refractivity contribution < 1.29 is 0 Å². The van der Waals surface area contributed by atoms with Crippen LogP contribution < -0.4 is 5.32 Å². The normalized spacial score (nSPS) is 11.7. The maximum absolute atomic E-state index is 4.30. The van der Waals surface area contributed by atoms with E-state index in [4.69, 9.17) is 0 Å². The predicted molar refractivity (Wildman–Crippen MR) is 64.9 cm³/mol. The third-order valence-corrected chi connectivity index (χ3v) is 2.24. The van der Waals surface area contributed by atoms with E-state index in [0.717, 1.165) is 13.0 Å². The van der Waals surface area contributed by atoms with Gasteiger partial charge in [0.1, 0.15) is 0 Å². The molecule has 0 saturated carbocycles. The fraction of sp³-hybridized carbons (Fsp3) is 0.615. The van der Waals surface area contributed by atoms with E-state index in [1.165, 1.54) is 18.5 Å². The molecule has 0 aromatic carbocycles. The summed E-state index contributed by atoms with van der Waals surface area (Å²) in [5.41, 5.74) is 1.44. The zero-order valence-electron chi connectivity index (χ0n) is 10.1. The Labute approximate surface area is 93.1 Å². The predicted octanol–water partition coefficient (Wildman–Crippen LogP) is 2.79. The molecule has 0 aliphatic heterocycles. The summed E-state index contributed by atoms with van der Waals surface area (Å²) in [7, 11) is 0. The molecular weight excluding hydrogens is 184 g/mol. The molecule has 1 aromatic rings. The van der Waals surface area contributed by atoms with Gasteiger partial charge in [-0.3, -0.25) is 4.98 Å². The van der Waals surface area contributed by atoms with Gasteiger partial charge in [0.25, 0.3) is 0 Å². The Kier molecular flexibility index (Phi) is 4.76. The van der Waals surface area contributed by atoms with Crippen molar-refractivity contribution in [3.05, 3.63) is 30.1 Å². The molecule has 0 saturated heterocycles. The molecule has 0 atom stereocenters. The molecule has 0 unspecified atom stereocenters. The molecule has 0 aliphatic rings. The van der Waals surface area contributed by atoms with Gasteiger partial charge in [0.05, 0.1) is 0 Å².